The molecule has 0 saturated carbocycles. The van der Waals surface area contributed by atoms with Crippen molar-refractivity contribution in [1.82, 2.24) is 15.6 Å². The number of carbonyl (C=O) groups is 4. The van der Waals surface area contributed by atoms with Crippen LogP contribution in [0.3, 0.4) is 0 Å². The number of hydrogen-bond donors (Lipinski definition) is 4. The Kier molecular flexibility index (Phi) is 11.6. The van der Waals surface area contributed by atoms with Gasteiger partial charge in [0.05, 0.1) is 13.7 Å². The molecule has 2 aromatic heterocycles. The van der Waals surface area contributed by atoms with Gasteiger partial charge >= 0.3 is 12.1 Å². The lowest BCUT2D eigenvalue weighted by molar-refractivity contribution is 0.0521. The number of hydrogen-bond acceptors (Lipinski definition) is 10. The number of methoxy groups -OCH3 is 1. The van der Waals surface area contributed by atoms with Gasteiger partial charge in [-0.1, -0.05) is 12.1 Å². The first-order valence-corrected chi connectivity index (χ1v) is 18.2. The van der Waals surface area contributed by atoms with Gasteiger partial charge < -0.3 is 35.3 Å². The zero-order chi connectivity index (χ0) is 38.7. The highest BCUT2D eigenvalue weighted by molar-refractivity contribution is 7.13. The first kappa shape index (κ1) is 38.9. The van der Waals surface area contributed by atoms with Crippen LogP contribution in [0.5, 0.6) is 5.75 Å². The number of amides is 3. The lowest BCUT2D eigenvalue weighted by atomic mass is 9.93. The largest absolute Gasteiger partial charge is 0.493 e. The predicted molar refractivity (Wildman–Crippen MR) is 204 cm³/mol. The van der Waals surface area contributed by atoms with Crippen LogP contribution in [0.4, 0.5) is 10.5 Å². The Morgan fingerprint density at radius 3 is 2.32 bits per heavy atom. The van der Waals surface area contributed by atoms with Crippen LogP contribution in [0.2, 0.25) is 0 Å². The molecule has 0 aliphatic carbocycles. The maximum absolute atomic E-state index is 14.5. The number of nitrogens with one attached hydrogen (secondary N) is 3. The quantitative estimate of drug-likeness (QED) is 0.125. The fourth-order valence-corrected chi connectivity index (χ4v) is 7.09. The minimum absolute atomic E-state index is 0.0344. The van der Waals surface area contributed by atoms with Gasteiger partial charge in [0.1, 0.15) is 17.0 Å². The van der Waals surface area contributed by atoms with Crippen LogP contribution in [0.25, 0.3) is 21.6 Å². The number of anilines is 1. The van der Waals surface area contributed by atoms with Crippen molar-refractivity contribution >= 4 is 40.9 Å². The average Bonchev–Trinajstić information content (AvgIpc) is 3.48. The van der Waals surface area contributed by atoms with Crippen molar-refractivity contribution in [3.63, 3.8) is 0 Å². The van der Waals surface area contributed by atoms with Crippen LogP contribution in [-0.2, 0) is 22.4 Å². The van der Waals surface area contributed by atoms with Crippen LogP contribution in [0, 0.1) is 13.8 Å². The van der Waals surface area contributed by atoms with Crippen molar-refractivity contribution in [2.24, 2.45) is 0 Å². The van der Waals surface area contributed by atoms with E-state index in [4.69, 9.17) is 14.2 Å². The molecule has 4 aromatic rings. The summed E-state index contributed by atoms with van der Waals surface area (Å²) >= 11 is 1.55. The predicted octanol–water partition coefficient (Wildman–Crippen LogP) is 6.98. The number of aryl methyl sites for hydroxylation is 2. The molecule has 0 bridgehead atoms. The summed E-state index contributed by atoms with van der Waals surface area (Å²) in [5.74, 6) is -1.24. The number of alkyl carbamates (subject to hydrolysis) is 1. The molecule has 0 atom stereocenters. The van der Waals surface area contributed by atoms with Gasteiger partial charge in [-0.3, -0.25) is 9.59 Å². The van der Waals surface area contributed by atoms with Gasteiger partial charge in [-0.2, -0.15) is 0 Å². The van der Waals surface area contributed by atoms with Crippen LogP contribution in [-0.4, -0.2) is 65.4 Å². The van der Waals surface area contributed by atoms with E-state index in [1.807, 2.05) is 37.4 Å². The number of carbonyl (C=O) groups excluding carboxylic acids is 4. The van der Waals surface area contributed by atoms with Gasteiger partial charge in [0.25, 0.3) is 11.8 Å². The Bertz CT molecular complexity index is 2040. The zero-order valence-electron chi connectivity index (χ0n) is 31.3. The van der Waals surface area contributed by atoms with Crippen LogP contribution < -0.4 is 20.7 Å². The summed E-state index contributed by atoms with van der Waals surface area (Å²) in [5.41, 5.74) is 4.13. The van der Waals surface area contributed by atoms with Gasteiger partial charge in [0.15, 0.2) is 5.69 Å². The molecule has 3 amide bonds. The molecule has 12 nitrogen and oxygen atoms in total. The van der Waals surface area contributed by atoms with E-state index in [1.54, 1.807) is 64.2 Å². The summed E-state index contributed by atoms with van der Waals surface area (Å²) < 4.78 is 16.7. The highest BCUT2D eigenvalue weighted by Gasteiger charge is 2.29. The lowest BCUT2D eigenvalue weighted by Gasteiger charge is -2.25. The molecule has 2 aromatic carbocycles. The monoisotopic (exact) mass is 742 g/mol. The average molecular weight is 743 g/mol. The van der Waals surface area contributed by atoms with E-state index in [0.29, 0.717) is 36.4 Å². The molecule has 53 heavy (non-hydrogen) atoms. The number of esters is 1. The second-order valence-corrected chi connectivity index (χ2v) is 15.5. The Balaban J connectivity index is 1.57. The van der Waals surface area contributed by atoms with E-state index in [0.717, 1.165) is 32.7 Å². The number of thiophene rings is 1. The second kappa shape index (κ2) is 15.8. The molecule has 0 fully saturated rings. The van der Waals surface area contributed by atoms with Gasteiger partial charge in [-0.15, -0.1) is 11.3 Å². The normalized spacial score (nSPS) is 12.4. The van der Waals surface area contributed by atoms with Gasteiger partial charge in [-0.25, -0.2) is 14.6 Å². The number of ether oxygens (including phenoxy) is 3. The maximum atomic E-state index is 14.5. The summed E-state index contributed by atoms with van der Waals surface area (Å²) in [4.78, 5) is 58.7. The summed E-state index contributed by atoms with van der Waals surface area (Å²) in [5, 5.41) is 20.1. The SMILES string of the molecule is COC(=O)c1nc(C(=O)NC(C)(C)CCO)ccc1-c1cc2c(cc1C(=O)Nc1c(C)cc(CNC(=O)OC(C)(C)C)cc1C)-c1sccc1CCO2. The summed E-state index contributed by atoms with van der Waals surface area (Å²) in [7, 11) is 1.22. The first-order valence-electron chi connectivity index (χ1n) is 17.3. The molecule has 1 aliphatic rings. The molecule has 280 valence electrons. The molecule has 4 N–H and O–H groups in total. The molecule has 5 rings (SSSR count). The fraction of sp³-hybridized carbons (Fsp3) is 0.375. The summed E-state index contributed by atoms with van der Waals surface area (Å²) in [6, 6.07) is 12.4. The molecule has 0 spiro atoms. The summed E-state index contributed by atoms with van der Waals surface area (Å²) in [6.07, 6.45) is 0.465. The molecule has 0 saturated heterocycles. The van der Waals surface area contributed by atoms with Crippen molar-refractivity contribution in [3.8, 4) is 27.3 Å². The van der Waals surface area contributed by atoms with Crippen molar-refractivity contribution in [1.29, 1.82) is 0 Å². The minimum Gasteiger partial charge on any atom is -0.493 e. The minimum atomic E-state index is -0.797. The molecular formula is C40H46N4O8S. The standard InChI is InChI=1S/C40H46N4O8S/c1-22-17-24(21-41-38(49)52-39(3,4)5)18-23(2)32(22)43-35(46)28-19-29-31(51-15-11-25-12-16-53-34(25)29)20-27(28)26-9-10-30(42-33(26)37(48)50-8)36(47)44-40(6,7)13-14-45/h9-10,12,16-20,45H,11,13-15,21H2,1-8H3,(H,41,49)(H,43,46)(H,44,47). The van der Waals surface area contributed by atoms with Crippen LogP contribution in [0.1, 0.15) is 94.6 Å². The smallest absolute Gasteiger partial charge is 0.407 e. The number of fused-ring (bicyclic) bond motifs is 3. The lowest BCUT2D eigenvalue weighted by Crippen LogP contribution is -2.44. The summed E-state index contributed by atoms with van der Waals surface area (Å²) in [6.45, 7) is 13.2. The third kappa shape index (κ3) is 9.21. The number of pyridine rings is 1. The molecule has 1 aliphatic heterocycles. The molecular weight excluding hydrogens is 697 g/mol. The van der Waals surface area contributed by atoms with Crippen molar-refractivity contribution in [3.05, 3.63) is 87.0 Å². The number of aliphatic hydroxyl groups excluding tert-OH is 1. The molecule has 0 radical (unpaired) electrons. The molecule has 13 heteroatoms. The highest BCUT2D eigenvalue weighted by atomic mass is 32.1. The maximum Gasteiger partial charge on any atom is 0.407 e. The van der Waals surface area contributed by atoms with Crippen LogP contribution in [0.15, 0.2) is 47.8 Å². The third-order valence-corrected chi connectivity index (χ3v) is 9.63. The zero-order valence-corrected chi connectivity index (χ0v) is 32.1. The Hall–Kier alpha value is -5.27. The Morgan fingerprint density at radius 1 is 0.943 bits per heavy atom. The number of benzene rings is 2. The van der Waals surface area contributed by atoms with E-state index >= 15 is 0 Å². The number of aromatic nitrogens is 1. The number of aliphatic hydroxyl groups is 1. The van der Waals surface area contributed by atoms with Gasteiger partial charge in [0.2, 0.25) is 0 Å². The Labute approximate surface area is 313 Å². The van der Waals surface area contributed by atoms with Crippen molar-refractivity contribution < 1.29 is 38.5 Å². The van der Waals surface area contributed by atoms with E-state index in [9.17, 15) is 24.3 Å². The fourth-order valence-electron chi connectivity index (χ4n) is 6.12. The van der Waals surface area contributed by atoms with Crippen LogP contribution >= 0.6 is 11.3 Å². The van der Waals surface area contributed by atoms with Crippen molar-refractivity contribution in [2.75, 3.05) is 25.6 Å². The number of nitrogens with zero attached hydrogens (tertiary/aromatic N) is 1. The molecule has 3 heterocycles. The highest BCUT2D eigenvalue weighted by Crippen LogP contribution is 2.43. The van der Waals surface area contributed by atoms with E-state index in [1.165, 1.54) is 13.2 Å². The van der Waals surface area contributed by atoms with Gasteiger partial charge in [-0.05, 0) is 113 Å². The van der Waals surface area contributed by atoms with E-state index in [-0.39, 0.29) is 35.7 Å². The van der Waals surface area contributed by atoms with Crippen molar-refractivity contribution in [2.45, 2.75) is 79.0 Å². The Morgan fingerprint density at radius 2 is 1.66 bits per heavy atom. The number of rotatable bonds is 10. The van der Waals surface area contributed by atoms with E-state index in [2.05, 4.69) is 20.9 Å². The topological polar surface area (TPSA) is 165 Å². The molecule has 0 unspecified atom stereocenters. The van der Waals surface area contributed by atoms with E-state index < -0.39 is 35.0 Å². The van der Waals surface area contributed by atoms with Gasteiger partial charge in [0, 0.05) is 57.9 Å². The first-order chi connectivity index (χ1) is 25.0. The second-order valence-electron chi connectivity index (χ2n) is 14.6. The third-order valence-electron chi connectivity index (χ3n) is 8.64.